The number of carbonyl (C=O) groups excluding carboxylic acids is 1. The number of thiazole rings is 1. The number of carbonyl (C=O) groups is 1. The molecule has 0 saturated heterocycles. The Labute approximate surface area is 100 Å². The lowest BCUT2D eigenvalue weighted by Gasteiger charge is -2.09. The number of nitrogens with zero attached hydrogens (tertiary/aromatic N) is 1. The van der Waals surface area contributed by atoms with Crippen LogP contribution in [-0.4, -0.2) is 10.8 Å². The minimum atomic E-state index is 0.201. The van der Waals surface area contributed by atoms with Gasteiger partial charge in [-0.25, -0.2) is 4.98 Å². The van der Waals surface area contributed by atoms with Gasteiger partial charge in [-0.1, -0.05) is 18.9 Å². The van der Waals surface area contributed by atoms with Crippen molar-refractivity contribution in [1.82, 2.24) is 4.98 Å². The van der Waals surface area contributed by atoms with Crippen LogP contribution in [0.3, 0.4) is 0 Å². The zero-order valence-corrected chi connectivity index (χ0v) is 10.5. The molecule has 3 heteroatoms. The van der Waals surface area contributed by atoms with E-state index in [1.807, 2.05) is 6.92 Å². The third-order valence-electron chi connectivity index (χ3n) is 2.93. The molecule has 16 heavy (non-hydrogen) atoms. The molecule has 2 rings (SSSR count). The van der Waals surface area contributed by atoms with Gasteiger partial charge in [-0.3, -0.25) is 4.79 Å². The lowest BCUT2D eigenvalue weighted by molar-refractivity contribution is 0.103. The van der Waals surface area contributed by atoms with E-state index in [0.29, 0.717) is 0 Å². The zero-order chi connectivity index (χ0) is 11.4. The summed E-state index contributed by atoms with van der Waals surface area (Å²) in [6.45, 7) is 1.94. The van der Waals surface area contributed by atoms with E-state index in [0.717, 1.165) is 34.7 Å². The summed E-state index contributed by atoms with van der Waals surface area (Å²) < 4.78 is 0. The molecule has 0 bridgehead atoms. The molecule has 0 radical (unpaired) electrons. The maximum atomic E-state index is 12.2. The first-order valence-electron chi connectivity index (χ1n) is 5.93. The molecule has 1 aliphatic rings. The number of hydrogen-bond acceptors (Lipinski definition) is 3. The highest BCUT2D eigenvalue weighted by Gasteiger charge is 2.15. The highest BCUT2D eigenvalue weighted by atomic mass is 32.1. The summed E-state index contributed by atoms with van der Waals surface area (Å²) in [5.41, 5.74) is 1.00. The van der Waals surface area contributed by atoms with Crippen LogP contribution in [0.25, 0.3) is 0 Å². The van der Waals surface area contributed by atoms with E-state index in [-0.39, 0.29) is 5.78 Å². The van der Waals surface area contributed by atoms with Gasteiger partial charge in [-0.05, 0) is 38.2 Å². The third-order valence-corrected chi connectivity index (χ3v) is 3.84. The minimum Gasteiger partial charge on any atom is -0.288 e. The first-order chi connectivity index (χ1) is 7.77. The predicted molar refractivity (Wildman–Crippen MR) is 67.0 cm³/mol. The molecule has 0 saturated carbocycles. The van der Waals surface area contributed by atoms with Gasteiger partial charge in [0.2, 0.25) is 0 Å². The number of aryl methyl sites for hydroxylation is 1. The molecule has 0 atom stereocenters. The van der Waals surface area contributed by atoms with Crippen molar-refractivity contribution in [2.75, 3.05) is 0 Å². The summed E-state index contributed by atoms with van der Waals surface area (Å²) >= 11 is 1.50. The second kappa shape index (κ2) is 5.39. The van der Waals surface area contributed by atoms with E-state index in [1.54, 1.807) is 6.20 Å². The van der Waals surface area contributed by atoms with E-state index in [1.165, 1.54) is 30.6 Å². The lowest BCUT2D eigenvalue weighted by Crippen LogP contribution is -2.03. The predicted octanol–water partition coefficient (Wildman–Crippen LogP) is 3.91. The number of aromatic nitrogens is 1. The van der Waals surface area contributed by atoms with Crippen LogP contribution >= 0.6 is 11.3 Å². The summed E-state index contributed by atoms with van der Waals surface area (Å²) in [7, 11) is 0. The number of Topliss-reactive ketones (excluding diaryl/α,β-unsaturated/α-hetero) is 1. The van der Waals surface area contributed by atoms with Crippen molar-refractivity contribution in [3.05, 3.63) is 27.7 Å². The van der Waals surface area contributed by atoms with Crippen molar-refractivity contribution < 1.29 is 4.79 Å². The van der Waals surface area contributed by atoms with Gasteiger partial charge in [0.25, 0.3) is 0 Å². The second-order valence-electron chi connectivity index (χ2n) is 4.25. The Morgan fingerprint density at radius 1 is 1.31 bits per heavy atom. The van der Waals surface area contributed by atoms with Crippen LogP contribution in [0, 0.1) is 6.92 Å². The standard InChI is InChI=1S/C13H17NOS/c1-10-14-9-12(16-10)13(15)11-7-5-3-2-4-6-8-11/h7,9H,2-6,8H2,1H3/b11-7+. The summed E-state index contributed by atoms with van der Waals surface area (Å²) in [6, 6.07) is 0. The van der Waals surface area contributed by atoms with Crippen molar-refractivity contribution >= 4 is 17.1 Å². The zero-order valence-electron chi connectivity index (χ0n) is 9.66. The Kier molecular flexibility index (Phi) is 3.88. The molecule has 0 amide bonds. The van der Waals surface area contributed by atoms with E-state index in [9.17, 15) is 4.79 Å². The highest BCUT2D eigenvalue weighted by molar-refractivity contribution is 7.13. The fourth-order valence-corrected chi connectivity index (χ4v) is 2.78. The van der Waals surface area contributed by atoms with Gasteiger partial charge in [-0.15, -0.1) is 11.3 Å². The lowest BCUT2D eigenvalue weighted by atomic mass is 9.97. The van der Waals surface area contributed by atoms with Crippen LogP contribution in [0.2, 0.25) is 0 Å². The fourth-order valence-electron chi connectivity index (χ4n) is 2.02. The number of ketones is 1. The molecule has 2 nitrogen and oxygen atoms in total. The normalized spacial score (nSPS) is 20.7. The number of allylic oxidation sites excluding steroid dienone is 2. The number of hydrogen-bond donors (Lipinski definition) is 0. The van der Waals surface area contributed by atoms with Crippen LogP contribution in [0.5, 0.6) is 0 Å². The monoisotopic (exact) mass is 235 g/mol. The first kappa shape index (κ1) is 11.5. The Balaban J connectivity index is 2.13. The molecule has 1 aliphatic carbocycles. The molecule has 86 valence electrons. The summed E-state index contributed by atoms with van der Waals surface area (Å²) in [4.78, 5) is 17.1. The van der Waals surface area contributed by atoms with Gasteiger partial charge in [0.1, 0.15) is 0 Å². The van der Waals surface area contributed by atoms with Crippen LogP contribution in [0.15, 0.2) is 17.8 Å². The maximum Gasteiger partial charge on any atom is 0.200 e. The molecule has 0 spiro atoms. The molecular weight excluding hydrogens is 218 g/mol. The second-order valence-corrected chi connectivity index (χ2v) is 5.49. The molecule has 0 aromatic carbocycles. The largest absolute Gasteiger partial charge is 0.288 e. The van der Waals surface area contributed by atoms with E-state index < -0.39 is 0 Å². The van der Waals surface area contributed by atoms with Gasteiger partial charge in [-0.2, -0.15) is 0 Å². The highest BCUT2D eigenvalue weighted by Crippen LogP contribution is 2.23. The molecule has 0 aliphatic heterocycles. The van der Waals surface area contributed by atoms with Crippen LogP contribution in [-0.2, 0) is 0 Å². The van der Waals surface area contributed by atoms with Gasteiger partial charge in [0.15, 0.2) is 5.78 Å². The van der Waals surface area contributed by atoms with Crippen molar-refractivity contribution in [2.24, 2.45) is 0 Å². The van der Waals surface area contributed by atoms with Crippen molar-refractivity contribution in [1.29, 1.82) is 0 Å². The van der Waals surface area contributed by atoms with E-state index in [2.05, 4.69) is 11.1 Å². The van der Waals surface area contributed by atoms with Gasteiger partial charge in [0.05, 0.1) is 9.88 Å². The van der Waals surface area contributed by atoms with Crippen LogP contribution in [0.1, 0.15) is 53.2 Å². The molecule has 0 unspecified atom stereocenters. The SMILES string of the molecule is Cc1ncc(C(=O)/C2=C/CCCCCC2)s1. The molecule has 0 fully saturated rings. The first-order valence-corrected chi connectivity index (χ1v) is 6.75. The summed E-state index contributed by atoms with van der Waals surface area (Å²) in [6.07, 6.45) is 10.8. The smallest absolute Gasteiger partial charge is 0.200 e. The van der Waals surface area contributed by atoms with E-state index >= 15 is 0 Å². The third kappa shape index (κ3) is 2.79. The minimum absolute atomic E-state index is 0.201. The van der Waals surface area contributed by atoms with Crippen LogP contribution in [0.4, 0.5) is 0 Å². The van der Waals surface area contributed by atoms with E-state index in [4.69, 9.17) is 0 Å². The Bertz CT molecular complexity index is 406. The van der Waals surface area contributed by atoms with Crippen molar-refractivity contribution in [3.8, 4) is 0 Å². The Morgan fingerprint density at radius 3 is 2.88 bits per heavy atom. The summed E-state index contributed by atoms with van der Waals surface area (Å²) in [5, 5.41) is 0.967. The quantitative estimate of drug-likeness (QED) is 0.727. The molecule has 1 aromatic heterocycles. The molecule has 1 heterocycles. The fraction of sp³-hybridized carbons (Fsp3) is 0.538. The molecule has 1 aromatic rings. The molecular formula is C13H17NOS. The van der Waals surface area contributed by atoms with Gasteiger partial charge >= 0.3 is 0 Å². The average Bonchev–Trinajstić information content (AvgIpc) is 2.63. The van der Waals surface area contributed by atoms with Gasteiger partial charge < -0.3 is 0 Å². The Morgan fingerprint density at radius 2 is 2.12 bits per heavy atom. The number of rotatable bonds is 2. The Hall–Kier alpha value is -0.960. The van der Waals surface area contributed by atoms with Crippen LogP contribution < -0.4 is 0 Å². The summed E-state index contributed by atoms with van der Waals surface area (Å²) in [5.74, 6) is 0.201. The van der Waals surface area contributed by atoms with Crippen molar-refractivity contribution in [2.45, 2.75) is 45.4 Å². The average molecular weight is 235 g/mol. The maximum absolute atomic E-state index is 12.2. The van der Waals surface area contributed by atoms with Gasteiger partial charge in [0, 0.05) is 6.20 Å². The molecule has 0 N–H and O–H groups in total. The topological polar surface area (TPSA) is 30.0 Å². The van der Waals surface area contributed by atoms with Crippen molar-refractivity contribution in [3.63, 3.8) is 0 Å².